The van der Waals surface area contributed by atoms with Crippen LogP contribution in [0, 0.1) is 0 Å². The number of hydrogen-bond acceptors (Lipinski definition) is 6. The van der Waals surface area contributed by atoms with Crippen LogP contribution < -0.4 is 26.0 Å². The van der Waals surface area contributed by atoms with Gasteiger partial charge in [0.25, 0.3) is 5.91 Å². The standard InChI is InChI=1S/C37H40N4O6/c42-28-18-16-25(17-19-28)22-31-36(45)38-20-7-1-2-8-21-47-33-15-6-5-14-30(33)35(44)41-32(23-34(43)40-31)37(46)39-24-27-12-9-11-26-10-3-4-13-29(26)27/h3-6,9-19,31-32,42H,1-2,7-8,20-24H2,(H,38,45)(H,39,46)(H,40,43)(H,41,44)/t31-,32-/m0/s1. The van der Waals surface area contributed by atoms with Gasteiger partial charge >= 0.3 is 0 Å². The number of hydrogen-bond donors (Lipinski definition) is 5. The maximum absolute atomic E-state index is 13.7. The minimum absolute atomic E-state index is 0.0898. The molecule has 0 aliphatic carbocycles. The Morgan fingerprint density at radius 3 is 2.43 bits per heavy atom. The molecule has 1 aliphatic heterocycles. The van der Waals surface area contributed by atoms with E-state index in [0.29, 0.717) is 18.9 Å². The summed E-state index contributed by atoms with van der Waals surface area (Å²) in [5.74, 6) is -1.56. The summed E-state index contributed by atoms with van der Waals surface area (Å²) >= 11 is 0. The first-order valence-electron chi connectivity index (χ1n) is 16.0. The third-order valence-electron chi connectivity index (χ3n) is 8.13. The molecule has 0 unspecified atom stereocenters. The number of aromatic hydroxyl groups is 1. The van der Waals surface area contributed by atoms with Gasteiger partial charge in [0.2, 0.25) is 17.7 Å². The maximum Gasteiger partial charge on any atom is 0.255 e. The van der Waals surface area contributed by atoms with Crippen molar-refractivity contribution >= 4 is 34.4 Å². The summed E-state index contributed by atoms with van der Waals surface area (Å²) in [4.78, 5) is 54.0. The molecular weight excluding hydrogens is 596 g/mol. The van der Waals surface area contributed by atoms with Crippen LogP contribution in [0.4, 0.5) is 0 Å². The van der Waals surface area contributed by atoms with Gasteiger partial charge in [0.05, 0.1) is 18.6 Å². The highest BCUT2D eigenvalue weighted by Gasteiger charge is 2.28. The Morgan fingerprint density at radius 2 is 1.57 bits per heavy atom. The molecule has 5 rings (SSSR count). The minimum atomic E-state index is -1.25. The van der Waals surface area contributed by atoms with E-state index in [2.05, 4.69) is 21.3 Å². The van der Waals surface area contributed by atoms with Gasteiger partial charge in [-0.3, -0.25) is 19.2 Å². The van der Waals surface area contributed by atoms with E-state index in [1.165, 1.54) is 12.1 Å². The van der Waals surface area contributed by atoms with E-state index < -0.39 is 36.2 Å². The van der Waals surface area contributed by atoms with Crippen molar-refractivity contribution in [3.8, 4) is 11.5 Å². The lowest BCUT2D eigenvalue weighted by atomic mass is 10.0. The van der Waals surface area contributed by atoms with Crippen LogP contribution in [0.1, 0.15) is 53.6 Å². The van der Waals surface area contributed by atoms with Crippen LogP contribution in [0.2, 0.25) is 0 Å². The van der Waals surface area contributed by atoms with Crippen molar-refractivity contribution < 1.29 is 29.0 Å². The number of phenolic OH excluding ortho intramolecular Hbond substituents is 1. The van der Waals surface area contributed by atoms with Gasteiger partial charge in [-0.15, -0.1) is 0 Å². The monoisotopic (exact) mass is 636 g/mol. The van der Waals surface area contributed by atoms with Crippen molar-refractivity contribution in [3.63, 3.8) is 0 Å². The zero-order valence-electron chi connectivity index (χ0n) is 26.2. The molecule has 5 N–H and O–H groups in total. The van der Waals surface area contributed by atoms with Crippen molar-refractivity contribution in [1.82, 2.24) is 21.3 Å². The molecule has 4 aromatic rings. The summed E-state index contributed by atoms with van der Waals surface area (Å²) in [5.41, 5.74) is 1.88. The zero-order chi connectivity index (χ0) is 33.0. The van der Waals surface area contributed by atoms with E-state index in [4.69, 9.17) is 4.74 Å². The third-order valence-corrected chi connectivity index (χ3v) is 8.13. The highest BCUT2D eigenvalue weighted by atomic mass is 16.5. The van der Waals surface area contributed by atoms with Crippen molar-refractivity contribution in [1.29, 1.82) is 0 Å². The Hall–Kier alpha value is -5.38. The number of benzene rings is 4. The molecule has 4 aromatic carbocycles. The average Bonchev–Trinajstić information content (AvgIpc) is 3.08. The van der Waals surface area contributed by atoms with Gasteiger partial charge in [-0.05, 0) is 59.0 Å². The molecule has 2 atom stereocenters. The summed E-state index contributed by atoms with van der Waals surface area (Å²) in [5, 5.41) is 23.0. The first-order valence-corrected chi connectivity index (χ1v) is 16.0. The Labute approximate surface area is 273 Å². The molecule has 0 spiro atoms. The second-order valence-corrected chi connectivity index (χ2v) is 11.6. The van der Waals surface area contributed by atoms with Crippen molar-refractivity contribution in [2.75, 3.05) is 13.2 Å². The minimum Gasteiger partial charge on any atom is -0.508 e. The van der Waals surface area contributed by atoms with E-state index in [9.17, 15) is 24.3 Å². The first kappa shape index (κ1) is 33.0. The van der Waals surface area contributed by atoms with Gasteiger partial charge in [-0.25, -0.2) is 0 Å². The fraction of sp³-hybridized carbons (Fsp3) is 0.297. The fourth-order valence-corrected chi connectivity index (χ4v) is 5.59. The molecule has 47 heavy (non-hydrogen) atoms. The molecule has 0 saturated carbocycles. The Morgan fingerprint density at radius 1 is 0.830 bits per heavy atom. The Balaban J connectivity index is 1.38. The van der Waals surface area contributed by atoms with E-state index >= 15 is 0 Å². The SMILES string of the molecule is O=C1C[C@@H](C(=O)NCc2cccc3ccccc23)NC(=O)c2ccccc2OCCCCCCNC(=O)[C@H](Cc2ccc(O)cc2)N1. The van der Waals surface area contributed by atoms with E-state index in [-0.39, 0.29) is 30.2 Å². The number of para-hydroxylation sites is 1. The zero-order valence-corrected chi connectivity index (χ0v) is 26.2. The summed E-state index contributed by atoms with van der Waals surface area (Å²) in [6, 6.07) is 24.7. The fourth-order valence-electron chi connectivity index (χ4n) is 5.59. The third kappa shape index (κ3) is 9.32. The molecule has 4 amide bonds. The predicted octanol–water partition coefficient (Wildman–Crippen LogP) is 4.15. The molecule has 10 heteroatoms. The lowest BCUT2D eigenvalue weighted by Crippen LogP contribution is -2.52. The molecule has 0 aromatic heterocycles. The number of ether oxygens (including phenoxy) is 1. The van der Waals surface area contributed by atoms with Gasteiger partial charge in [0.15, 0.2) is 0 Å². The van der Waals surface area contributed by atoms with Crippen LogP contribution in [-0.2, 0) is 27.3 Å². The van der Waals surface area contributed by atoms with Crippen LogP contribution in [0.25, 0.3) is 10.8 Å². The van der Waals surface area contributed by atoms with Gasteiger partial charge in [0.1, 0.15) is 23.6 Å². The van der Waals surface area contributed by atoms with Crippen LogP contribution in [0.15, 0.2) is 91.0 Å². The smallest absolute Gasteiger partial charge is 0.255 e. The lowest BCUT2D eigenvalue weighted by molar-refractivity contribution is -0.131. The number of nitrogens with one attached hydrogen (secondary N) is 4. The lowest BCUT2D eigenvalue weighted by Gasteiger charge is -2.22. The van der Waals surface area contributed by atoms with Gasteiger partial charge < -0.3 is 31.1 Å². The summed E-state index contributed by atoms with van der Waals surface area (Å²) < 4.78 is 5.94. The van der Waals surface area contributed by atoms with Gasteiger partial charge in [-0.2, -0.15) is 0 Å². The normalized spacial score (nSPS) is 18.3. The number of carbonyl (C=O) groups excluding carboxylic acids is 4. The quantitative estimate of drug-likeness (QED) is 0.223. The average molecular weight is 637 g/mol. The number of rotatable bonds is 5. The highest BCUT2D eigenvalue weighted by molar-refractivity contribution is 6.01. The van der Waals surface area contributed by atoms with E-state index in [1.54, 1.807) is 36.4 Å². The van der Waals surface area contributed by atoms with Crippen molar-refractivity contribution in [3.05, 3.63) is 108 Å². The van der Waals surface area contributed by atoms with Crippen LogP contribution in [0.3, 0.4) is 0 Å². The Bertz CT molecular complexity index is 1700. The summed E-state index contributed by atoms with van der Waals surface area (Å²) in [6.07, 6.45) is 3.03. The van der Waals surface area contributed by atoms with Crippen LogP contribution in [0.5, 0.6) is 11.5 Å². The maximum atomic E-state index is 13.7. The molecular formula is C37H40N4O6. The molecule has 10 nitrogen and oxygen atoms in total. The summed E-state index contributed by atoms with van der Waals surface area (Å²) in [7, 11) is 0. The van der Waals surface area contributed by atoms with Crippen LogP contribution >= 0.6 is 0 Å². The molecule has 1 aliphatic rings. The second kappa shape index (κ2) is 16.3. The molecule has 0 bridgehead atoms. The molecule has 0 radical (unpaired) electrons. The largest absolute Gasteiger partial charge is 0.508 e. The number of amides is 4. The highest BCUT2D eigenvalue weighted by Crippen LogP contribution is 2.20. The number of phenols is 1. The van der Waals surface area contributed by atoms with Gasteiger partial charge in [-0.1, -0.05) is 79.6 Å². The van der Waals surface area contributed by atoms with E-state index in [0.717, 1.165) is 47.6 Å². The van der Waals surface area contributed by atoms with E-state index in [1.807, 2.05) is 42.5 Å². The topological polar surface area (TPSA) is 146 Å². The van der Waals surface area contributed by atoms with Crippen molar-refractivity contribution in [2.24, 2.45) is 0 Å². The predicted molar refractivity (Wildman–Crippen MR) is 179 cm³/mol. The molecule has 1 heterocycles. The molecule has 0 fully saturated rings. The van der Waals surface area contributed by atoms with Crippen molar-refractivity contribution in [2.45, 2.75) is 57.2 Å². The summed E-state index contributed by atoms with van der Waals surface area (Å²) in [6.45, 7) is 1.03. The molecule has 0 saturated heterocycles. The number of fused-ring (bicyclic) bond motifs is 2. The van der Waals surface area contributed by atoms with Gasteiger partial charge in [0, 0.05) is 19.5 Å². The second-order valence-electron chi connectivity index (χ2n) is 11.6. The van der Waals surface area contributed by atoms with Crippen LogP contribution in [-0.4, -0.2) is 54.0 Å². The molecule has 244 valence electrons. The number of carbonyl (C=O) groups is 4. The first-order chi connectivity index (χ1) is 22.9. The Kier molecular flexibility index (Phi) is 11.4.